The van der Waals surface area contributed by atoms with E-state index in [1.807, 2.05) is 18.2 Å². The van der Waals surface area contributed by atoms with E-state index < -0.39 is 5.97 Å². The molecule has 2 nitrogen and oxygen atoms in total. The summed E-state index contributed by atoms with van der Waals surface area (Å²) in [6.07, 6.45) is 4.37. The molecule has 2 rings (SSSR count). The number of allylic oxidation sites excluding steroid dienone is 2. The molecule has 1 unspecified atom stereocenters. The second kappa shape index (κ2) is 4.30. The Labute approximate surface area is 89.2 Å². The molecule has 0 spiro atoms. The van der Waals surface area contributed by atoms with Crippen LogP contribution in [0.1, 0.15) is 24.8 Å². The molecular weight excluding hydrogens is 188 g/mol. The van der Waals surface area contributed by atoms with Crippen molar-refractivity contribution in [2.45, 2.75) is 19.3 Å². The van der Waals surface area contributed by atoms with Gasteiger partial charge in [0.1, 0.15) is 0 Å². The van der Waals surface area contributed by atoms with Gasteiger partial charge in [-0.1, -0.05) is 36.4 Å². The molecule has 1 aromatic carbocycles. The predicted molar refractivity (Wildman–Crippen MR) is 59.4 cm³/mol. The van der Waals surface area contributed by atoms with Crippen molar-refractivity contribution in [3.63, 3.8) is 0 Å². The summed E-state index contributed by atoms with van der Waals surface area (Å²) in [5.74, 6) is -0.851. The predicted octanol–water partition coefficient (Wildman–Crippen LogP) is 2.95. The van der Waals surface area contributed by atoms with Gasteiger partial charge in [-0.05, 0) is 30.4 Å². The fraction of sp³-hybridized carbons (Fsp3) is 0.308. The van der Waals surface area contributed by atoms with Crippen LogP contribution in [0.5, 0.6) is 0 Å². The minimum Gasteiger partial charge on any atom is -0.481 e. The average Bonchev–Trinajstić information content (AvgIpc) is 2.30. The van der Waals surface area contributed by atoms with Crippen LogP contribution in [0, 0.1) is 5.92 Å². The fourth-order valence-electron chi connectivity index (χ4n) is 1.97. The number of aliphatic carboxylic acids is 1. The van der Waals surface area contributed by atoms with Gasteiger partial charge in [0.2, 0.25) is 0 Å². The van der Waals surface area contributed by atoms with Gasteiger partial charge in [0.05, 0.1) is 5.92 Å². The molecule has 2 heteroatoms. The highest BCUT2D eigenvalue weighted by Crippen LogP contribution is 2.29. The fourth-order valence-corrected chi connectivity index (χ4v) is 1.97. The summed E-state index contributed by atoms with van der Waals surface area (Å²) in [7, 11) is 0. The smallest absolute Gasteiger partial charge is 0.306 e. The minimum absolute atomic E-state index is 0.183. The summed E-state index contributed by atoms with van der Waals surface area (Å²) in [5, 5.41) is 8.87. The molecule has 0 saturated carbocycles. The first-order valence-corrected chi connectivity index (χ1v) is 5.24. The number of carboxylic acids is 1. The van der Waals surface area contributed by atoms with Crippen molar-refractivity contribution >= 4 is 11.5 Å². The Morgan fingerprint density at radius 1 is 1.27 bits per heavy atom. The van der Waals surface area contributed by atoms with Gasteiger partial charge < -0.3 is 5.11 Å². The Kier molecular flexibility index (Phi) is 2.86. The first kappa shape index (κ1) is 9.97. The number of hydrogen-bond donors (Lipinski definition) is 1. The van der Waals surface area contributed by atoms with Gasteiger partial charge in [-0.3, -0.25) is 4.79 Å². The number of hydrogen-bond acceptors (Lipinski definition) is 1. The maximum atomic E-state index is 10.8. The van der Waals surface area contributed by atoms with Crippen LogP contribution in [0.2, 0.25) is 0 Å². The molecule has 1 N–H and O–H groups in total. The van der Waals surface area contributed by atoms with E-state index >= 15 is 0 Å². The summed E-state index contributed by atoms with van der Waals surface area (Å²) >= 11 is 0. The van der Waals surface area contributed by atoms with Crippen molar-refractivity contribution in [3.8, 4) is 0 Å². The summed E-state index contributed by atoms with van der Waals surface area (Å²) < 4.78 is 0. The third-order valence-corrected chi connectivity index (χ3v) is 2.90. The molecule has 0 bridgehead atoms. The van der Waals surface area contributed by atoms with Gasteiger partial charge in [-0.2, -0.15) is 0 Å². The molecule has 78 valence electrons. The third kappa shape index (κ3) is 2.27. The molecule has 0 heterocycles. The summed E-state index contributed by atoms with van der Waals surface area (Å²) in [4.78, 5) is 10.8. The van der Waals surface area contributed by atoms with Crippen LogP contribution < -0.4 is 0 Å². The lowest BCUT2D eigenvalue weighted by molar-refractivity contribution is -0.141. The van der Waals surface area contributed by atoms with Crippen LogP contribution in [0.15, 0.2) is 36.4 Å². The highest BCUT2D eigenvalue weighted by molar-refractivity contribution is 5.74. The average molecular weight is 202 g/mol. The highest BCUT2D eigenvalue weighted by Gasteiger charge is 2.20. The summed E-state index contributed by atoms with van der Waals surface area (Å²) in [6.45, 7) is 0. The largest absolute Gasteiger partial charge is 0.481 e. The van der Waals surface area contributed by atoms with Crippen LogP contribution in [0.3, 0.4) is 0 Å². The van der Waals surface area contributed by atoms with E-state index in [-0.39, 0.29) is 5.92 Å². The number of rotatable bonds is 2. The van der Waals surface area contributed by atoms with Gasteiger partial charge in [0.25, 0.3) is 0 Å². The van der Waals surface area contributed by atoms with E-state index in [0.717, 1.165) is 12.8 Å². The van der Waals surface area contributed by atoms with E-state index in [1.165, 1.54) is 11.1 Å². The molecular formula is C13H14O2. The Hall–Kier alpha value is -1.57. The lowest BCUT2D eigenvalue weighted by Crippen LogP contribution is -2.15. The van der Waals surface area contributed by atoms with Gasteiger partial charge in [0.15, 0.2) is 0 Å². The molecule has 0 amide bonds. The second-order valence-corrected chi connectivity index (χ2v) is 3.90. The zero-order valence-corrected chi connectivity index (χ0v) is 8.52. The van der Waals surface area contributed by atoms with Crippen molar-refractivity contribution in [1.82, 2.24) is 0 Å². The molecule has 0 radical (unpaired) electrons. The van der Waals surface area contributed by atoms with Gasteiger partial charge in [0, 0.05) is 0 Å². The third-order valence-electron chi connectivity index (χ3n) is 2.90. The lowest BCUT2D eigenvalue weighted by atomic mass is 9.87. The molecule has 1 aliphatic carbocycles. The first-order valence-electron chi connectivity index (χ1n) is 5.24. The Bertz CT molecular complexity index is 379. The van der Waals surface area contributed by atoms with E-state index in [4.69, 9.17) is 5.11 Å². The summed E-state index contributed by atoms with van der Waals surface area (Å²) in [5.41, 5.74) is 2.51. The standard InChI is InChI=1S/C13H14O2/c14-13(15)12-8-6-11(7-9-12)10-4-2-1-3-5-10/h1-6,12H,7-9H2,(H,14,15). The number of carboxylic acid groups (broad SMARTS) is 1. The van der Waals surface area contributed by atoms with Crippen LogP contribution in [-0.4, -0.2) is 11.1 Å². The maximum Gasteiger partial charge on any atom is 0.306 e. The molecule has 0 aromatic heterocycles. The molecule has 1 aliphatic rings. The van der Waals surface area contributed by atoms with Gasteiger partial charge in [-0.15, -0.1) is 0 Å². The van der Waals surface area contributed by atoms with E-state index in [2.05, 4.69) is 18.2 Å². The molecule has 1 atom stereocenters. The van der Waals surface area contributed by atoms with Crippen molar-refractivity contribution < 1.29 is 9.90 Å². The quantitative estimate of drug-likeness (QED) is 0.800. The molecule has 15 heavy (non-hydrogen) atoms. The van der Waals surface area contributed by atoms with Crippen molar-refractivity contribution in [2.75, 3.05) is 0 Å². The Morgan fingerprint density at radius 2 is 2.00 bits per heavy atom. The summed E-state index contributed by atoms with van der Waals surface area (Å²) in [6, 6.07) is 10.2. The second-order valence-electron chi connectivity index (χ2n) is 3.90. The topological polar surface area (TPSA) is 37.3 Å². The van der Waals surface area contributed by atoms with Crippen molar-refractivity contribution in [3.05, 3.63) is 42.0 Å². The lowest BCUT2D eigenvalue weighted by Gasteiger charge is -2.18. The Balaban J connectivity index is 2.12. The van der Waals surface area contributed by atoms with Crippen LogP contribution in [-0.2, 0) is 4.79 Å². The van der Waals surface area contributed by atoms with Crippen molar-refractivity contribution in [1.29, 1.82) is 0 Å². The molecule has 0 aliphatic heterocycles. The SMILES string of the molecule is O=C(O)C1CC=C(c2ccccc2)CC1. The van der Waals surface area contributed by atoms with E-state index in [9.17, 15) is 4.79 Å². The van der Waals surface area contributed by atoms with Gasteiger partial charge in [-0.25, -0.2) is 0 Å². The van der Waals surface area contributed by atoms with Crippen LogP contribution >= 0.6 is 0 Å². The monoisotopic (exact) mass is 202 g/mol. The highest BCUT2D eigenvalue weighted by atomic mass is 16.4. The van der Waals surface area contributed by atoms with Gasteiger partial charge >= 0.3 is 5.97 Å². The minimum atomic E-state index is -0.668. The van der Waals surface area contributed by atoms with E-state index in [1.54, 1.807) is 0 Å². The number of carbonyl (C=O) groups is 1. The van der Waals surface area contributed by atoms with Crippen LogP contribution in [0.4, 0.5) is 0 Å². The normalized spacial score (nSPS) is 20.8. The Morgan fingerprint density at radius 3 is 2.53 bits per heavy atom. The van der Waals surface area contributed by atoms with E-state index in [0.29, 0.717) is 6.42 Å². The first-order chi connectivity index (χ1) is 7.27. The zero-order valence-electron chi connectivity index (χ0n) is 8.52. The molecule has 0 fully saturated rings. The van der Waals surface area contributed by atoms with Crippen LogP contribution in [0.25, 0.3) is 5.57 Å². The number of benzene rings is 1. The maximum absolute atomic E-state index is 10.8. The molecule has 0 saturated heterocycles. The molecule has 1 aromatic rings. The zero-order chi connectivity index (χ0) is 10.7. The van der Waals surface area contributed by atoms with Crippen molar-refractivity contribution in [2.24, 2.45) is 5.92 Å².